The van der Waals surface area contributed by atoms with Crippen molar-refractivity contribution in [3.63, 3.8) is 0 Å². The molecule has 2 N–H and O–H groups in total. The third-order valence-electron chi connectivity index (χ3n) is 3.39. The maximum atomic E-state index is 4.37. The standard InChI is InChI=1S/C15H16BrN3/c1-10-6-8-18-15(14(10)16)19-12-4-5-13-11(9-12)3-2-7-17-13/h4-6,8-9,17H,2-3,7H2,1H3,(H,18,19). The molecule has 3 rings (SSSR count). The van der Waals surface area contributed by atoms with Crippen molar-refractivity contribution in [2.45, 2.75) is 19.8 Å². The summed E-state index contributed by atoms with van der Waals surface area (Å²) in [5.74, 6) is 0.865. The Balaban J connectivity index is 1.89. The van der Waals surface area contributed by atoms with Gasteiger partial charge in [0.1, 0.15) is 5.82 Å². The van der Waals surface area contributed by atoms with Crippen molar-refractivity contribution >= 4 is 33.1 Å². The molecule has 0 fully saturated rings. The summed E-state index contributed by atoms with van der Waals surface area (Å²) in [6, 6.07) is 8.43. The number of fused-ring (bicyclic) bond motifs is 1. The van der Waals surface area contributed by atoms with Crippen molar-refractivity contribution in [3.8, 4) is 0 Å². The van der Waals surface area contributed by atoms with Crippen LogP contribution in [0.2, 0.25) is 0 Å². The summed E-state index contributed by atoms with van der Waals surface area (Å²) in [7, 11) is 0. The lowest BCUT2D eigenvalue weighted by molar-refractivity contribution is 0.830. The number of anilines is 3. The molecule has 98 valence electrons. The first-order valence-electron chi connectivity index (χ1n) is 6.49. The first-order chi connectivity index (χ1) is 9.24. The third-order valence-corrected chi connectivity index (χ3v) is 4.39. The number of hydrogen-bond donors (Lipinski definition) is 2. The fourth-order valence-electron chi connectivity index (χ4n) is 2.32. The molecular formula is C15H16BrN3. The molecule has 0 spiro atoms. The zero-order valence-electron chi connectivity index (χ0n) is 10.8. The normalized spacial score (nSPS) is 13.6. The molecule has 19 heavy (non-hydrogen) atoms. The van der Waals surface area contributed by atoms with Gasteiger partial charge < -0.3 is 10.6 Å². The predicted molar refractivity (Wildman–Crippen MR) is 83.2 cm³/mol. The van der Waals surface area contributed by atoms with E-state index in [9.17, 15) is 0 Å². The average Bonchev–Trinajstić information content (AvgIpc) is 2.44. The van der Waals surface area contributed by atoms with E-state index in [0.717, 1.165) is 28.9 Å². The molecule has 2 aromatic rings. The summed E-state index contributed by atoms with van der Waals surface area (Å²) in [4.78, 5) is 4.37. The summed E-state index contributed by atoms with van der Waals surface area (Å²) in [6.07, 6.45) is 4.16. The molecule has 0 atom stereocenters. The molecule has 0 bridgehead atoms. The van der Waals surface area contributed by atoms with Crippen LogP contribution in [0, 0.1) is 6.92 Å². The molecule has 0 saturated carbocycles. The predicted octanol–water partition coefficient (Wildman–Crippen LogP) is 4.25. The molecular weight excluding hydrogens is 302 g/mol. The third kappa shape index (κ3) is 2.59. The van der Waals surface area contributed by atoms with Crippen molar-refractivity contribution in [1.29, 1.82) is 0 Å². The highest BCUT2D eigenvalue weighted by Gasteiger charge is 2.10. The van der Waals surface area contributed by atoms with Crippen LogP contribution >= 0.6 is 15.9 Å². The Morgan fingerprint density at radius 2 is 2.21 bits per heavy atom. The van der Waals surface area contributed by atoms with Gasteiger partial charge in [-0.25, -0.2) is 4.98 Å². The van der Waals surface area contributed by atoms with Crippen molar-refractivity contribution in [2.24, 2.45) is 0 Å². The van der Waals surface area contributed by atoms with Gasteiger partial charge in [-0.1, -0.05) is 0 Å². The summed E-state index contributed by atoms with van der Waals surface area (Å²) < 4.78 is 1.02. The SMILES string of the molecule is Cc1ccnc(Nc2ccc3c(c2)CCCN3)c1Br. The number of nitrogens with one attached hydrogen (secondary N) is 2. The van der Waals surface area contributed by atoms with E-state index in [0.29, 0.717) is 0 Å². The molecule has 4 heteroatoms. The number of benzene rings is 1. The van der Waals surface area contributed by atoms with Gasteiger partial charge in [0.15, 0.2) is 0 Å². The van der Waals surface area contributed by atoms with Crippen molar-refractivity contribution in [1.82, 2.24) is 4.98 Å². The largest absolute Gasteiger partial charge is 0.385 e. The molecule has 0 radical (unpaired) electrons. The molecule has 0 unspecified atom stereocenters. The van der Waals surface area contributed by atoms with E-state index in [2.05, 4.69) is 56.7 Å². The smallest absolute Gasteiger partial charge is 0.144 e. The summed E-state index contributed by atoms with van der Waals surface area (Å²) in [5, 5.41) is 6.80. The molecule has 3 nitrogen and oxygen atoms in total. The highest BCUT2D eigenvalue weighted by molar-refractivity contribution is 9.10. The number of pyridine rings is 1. The molecule has 1 aromatic carbocycles. The van der Waals surface area contributed by atoms with Gasteiger partial charge in [0.05, 0.1) is 4.47 Å². The van der Waals surface area contributed by atoms with Crippen LogP contribution in [0.15, 0.2) is 34.9 Å². The monoisotopic (exact) mass is 317 g/mol. The minimum Gasteiger partial charge on any atom is -0.385 e. The summed E-state index contributed by atoms with van der Waals surface area (Å²) in [5.41, 5.74) is 4.89. The van der Waals surface area contributed by atoms with Crippen LogP contribution in [0.1, 0.15) is 17.5 Å². The number of halogens is 1. The topological polar surface area (TPSA) is 37.0 Å². The zero-order chi connectivity index (χ0) is 13.2. The Morgan fingerprint density at radius 1 is 1.32 bits per heavy atom. The van der Waals surface area contributed by atoms with Crippen molar-refractivity contribution in [3.05, 3.63) is 46.1 Å². The zero-order valence-corrected chi connectivity index (χ0v) is 12.4. The van der Waals surface area contributed by atoms with Gasteiger partial charge in [0.2, 0.25) is 0 Å². The molecule has 1 aromatic heterocycles. The Kier molecular flexibility index (Phi) is 3.42. The Hall–Kier alpha value is -1.55. The first-order valence-corrected chi connectivity index (χ1v) is 7.28. The van der Waals surface area contributed by atoms with Crippen LogP contribution in [-0.2, 0) is 6.42 Å². The fourth-order valence-corrected chi connectivity index (χ4v) is 2.65. The van der Waals surface area contributed by atoms with Crippen molar-refractivity contribution in [2.75, 3.05) is 17.2 Å². The molecule has 0 aliphatic carbocycles. The van der Waals surface area contributed by atoms with E-state index in [1.807, 2.05) is 12.3 Å². The lowest BCUT2D eigenvalue weighted by Crippen LogP contribution is -2.11. The van der Waals surface area contributed by atoms with Gasteiger partial charge in [-0.05, 0) is 71.1 Å². The number of nitrogens with zero attached hydrogens (tertiary/aromatic N) is 1. The Morgan fingerprint density at radius 3 is 3.11 bits per heavy atom. The van der Waals surface area contributed by atoms with Gasteiger partial charge >= 0.3 is 0 Å². The number of aromatic nitrogens is 1. The number of aryl methyl sites for hydroxylation is 2. The molecule has 1 aliphatic rings. The van der Waals surface area contributed by atoms with Gasteiger partial charge in [0.25, 0.3) is 0 Å². The lowest BCUT2D eigenvalue weighted by atomic mass is 10.0. The van der Waals surface area contributed by atoms with Gasteiger partial charge in [0, 0.05) is 24.1 Å². The molecule has 1 aliphatic heterocycles. The number of hydrogen-bond acceptors (Lipinski definition) is 3. The second-order valence-electron chi connectivity index (χ2n) is 4.82. The van der Waals surface area contributed by atoms with E-state index >= 15 is 0 Å². The van der Waals surface area contributed by atoms with Crippen LogP contribution in [0.5, 0.6) is 0 Å². The summed E-state index contributed by atoms with van der Waals surface area (Å²) >= 11 is 3.58. The second-order valence-corrected chi connectivity index (χ2v) is 5.61. The highest BCUT2D eigenvalue weighted by Crippen LogP contribution is 2.29. The first kappa shape index (κ1) is 12.5. The average molecular weight is 318 g/mol. The van der Waals surface area contributed by atoms with E-state index in [1.165, 1.54) is 23.2 Å². The van der Waals surface area contributed by atoms with E-state index in [1.54, 1.807) is 0 Å². The minimum absolute atomic E-state index is 0.865. The quantitative estimate of drug-likeness (QED) is 0.869. The Bertz CT molecular complexity index is 610. The van der Waals surface area contributed by atoms with E-state index < -0.39 is 0 Å². The molecule has 0 amide bonds. The maximum absolute atomic E-state index is 4.37. The second kappa shape index (κ2) is 5.21. The minimum atomic E-state index is 0.865. The van der Waals surface area contributed by atoms with Crippen LogP contribution in [0.4, 0.5) is 17.2 Å². The summed E-state index contributed by atoms with van der Waals surface area (Å²) in [6.45, 7) is 3.14. The van der Waals surface area contributed by atoms with Crippen molar-refractivity contribution < 1.29 is 0 Å². The fraction of sp³-hybridized carbons (Fsp3) is 0.267. The van der Waals surface area contributed by atoms with Crippen LogP contribution in [0.3, 0.4) is 0 Å². The van der Waals surface area contributed by atoms with Gasteiger partial charge in [-0.15, -0.1) is 0 Å². The molecule has 0 saturated heterocycles. The van der Waals surface area contributed by atoms with Crippen LogP contribution < -0.4 is 10.6 Å². The van der Waals surface area contributed by atoms with Gasteiger partial charge in [-0.2, -0.15) is 0 Å². The van der Waals surface area contributed by atoms with E-state index in [-0.39, 0.29) is 0 Å². The Labute approximate surface area is 121 Å². The van der Waals surface area contributed by atoms with Crippen LogP contribution in [-0.4, -0.2) is 11.5 Å². The number of rotatable bonds is 2. The van der Waals surface area contributed by atoms with E-state index in [4.69, 9.17) is 0 Å². The molecule has 2 heterocycles. The highest BCUT2D eigenvalue weighted by atomic mass is 79.9. The van der Waals surface area contributed by atoms with Crippen LogP contribution in [0.25, 0.3) is 0 Å². The lowest BCUT2D eigenvalue weighted by Gasteiger charge is -2.19. The maximum Gasteiger partial charge on any atom is 0.144 e. The van der Waals surface area contributed by atoms with Gasteiger partial charge in [-0.3, -0.25) is 0 Å².